The van der Waals surface area contributed by atoms with E-state index in [0.29, 0.717) is 18.1 Å². The standard InChI is InChI=1S/C17H17N3S/c1-20(13-7-12-18)17(21)19-16-11-6-5-10-15(16)14-8-3-2-4-9-14/h2-6,8-11H,7,13H2,1H3,(H,19,21). The van der Waals surface area contributed by atoms with Crippen LogP contribution in [0.3, 0.4) is 0 Å². The fraction of sp³-hybridized carbons (Fsp3) is 0.176. The van der Waals surface area contributed by atoms with Crippen LogP contribution in [0, 0.1) is 11.3 Å². The van der Waals surface area contributed by atoms with Crippen LogP contribution >= 0.6 is 12.2 Å². The zero-order valence-corrected chi connectivity index (χ0v) is 12.7. The van der Waals surface area contributed by atoms with E-state index in [4.69, 9.17) is 17.5 Å². The van der Waals surface area contributed by atoms with Crippen LogP contribution in [0.1, 0.15) is 6.42 Å². The molecule has 21 heavy (non-hydrogen) atoms. The SMILES string of the molecule is CN(CCC#N)C(=S)Nc1ccccc1-c1ccccc1. The number of nitrogens with one attached hydrogen (secondary N) is 1. The molecule has 0 spiro atoms. The summed E-state index contributed by atoms with van der Waals surface area (Å²) >= 11 is 5.39. The summed E-state index contributed by atoms with van der Waals surface area (Å²) in [6.07, 6.45) is 0.457. The number of anilines is 1. The molecule has 0 unspecified atom stereocenters. The Morgan fingerprint density at radius 1 is 1.14 bits per heavy atom. The van der Waals surface area contributed by atoms with Gasteiger partial charge in [-0.15, -0.1) is 0 Å². The summed E-state index contributed by atoms with van der Waals surface area (Å²) < 4.78 is 0. The molecule has 2 rings (SSSR count). The van der Waals surface area contributed by atoms with Crippen molar-refractivity contribution in [3.8, 4) is 17.2 Å². The van der Waals surface area contributed by atoms with E-state index in [0.717, 1.165) is 16.8 Å². The van der Waals surface area contributed by atoms with E-state index < -0.39 is 0 Å². The summed E-state index contributed by atoms with van der Waals surface area (Å²) in [6.45, 7) is 0.621. The maximum Gasteiger partial charge on any atom is 0.173 e. The molecule has 0 aliphatic heterocycles. The van der Waals surface area contributed by atoms with Gasteiger partial charge in [0.05, 0.1) is 12.5 Å². The highest BCUT2D eigenvalue weighted by Crippen LogP contribution is 2.27. The number of hydrogen-bond donors (Lipinski definition) is 1. The number of thiocarbonyl (C=S) groups is 1. The highest BCUT2D eigenvalue weighted by molar-refractivity contribution is 7.80. The van der Waals surface area contributed by atoms with Gasteiger partial charge in [0.25, 0.3) is 0 Å². The van der Waals surface area contributed by atoms with Crippen LogP contribution in [0.5, 0.6) is 0 Å². The van der Waals surface area contributed by atoms with Crippen LogP contribution in [0.4, 0.5) is 5.69 Å². The van der Waals surface area contributed by atoms with E-state index in [2.05, 4.69) is 29.6 Å². The van der Waals surface area contributed by atoms with Crippen molar-refractivity contribution in [3.63, 3.8) is 0 Å². The summed E-state index contributed by atoms with van der Waals surface area (Å²) in [7, 11) is 1.89. The van der Waals surface area contributed by atoms with Gasteiger partial charge < -0.3 is 10.2 Å². The van der Waals surface area contributed by atoms with Crippen molar-refractivity contribution >= 4 is 23.0 Å². The van der Waals surface area contributed by atoms with Gasteiger partial charge in [0.15, 0.2) is 5.11 Å². The van der Waals surface area contributed by atoms with Crippen molar-refractivity contribution < 1.29 is 0 Å². The quantitative estimate of drug-likeness (QED) is 0.868. The predicted octanol–water partition coefficient (Wildman–Crippen LogP) is 3.90. The maximum absolute atomic E-state index is 8.64. The molecule has 0 bridgehead atoms. The number of rotatable bonds is 4. The Kier molecular flexibility index (Phi) is 5.30. The van der Waals surface area contributed by atoms with Crippen LogP contribution in [0.2, 0.25) is 0 Å². The fourth-order valence-corrected chi connectivity index (χ4v) is 2.19. The van der Waals surface area contributed by atoms with Gasteiger partial charge in [-0.1, -0.05) is 48.5 Å². The van der Waals surface area contributed by atoms with Gasteiger partial charge in [0.2, 0.25) is 0 Å². The molecule has 0 heterocycles. The minimum Gasteiger partial charge on any atom is -0.351 e. The van der Waals surface area contributed by atoms with Crippen molar-refractivity contribution in [2.75, 3.05) is 18.9 Å². The first-order valence-corrected chi connectivity index (χ1v) is 7.16. The number of nitrogens with zero attached hydrogens (tertiary/aromatic N) is 2. The van der Waals surface area contributed by atoms with Crippen LogP contribution in [-0.4, -0.2) is 23.6 Å². The Morgan fingerprint density at radius 3 is 2.52 bits per heavy atom. The molecule has 0 saturated heterocycles. The Balaban J connectivity index is 2.18. The number of benzene rings is 2. The fourth-order valence-electron chi connectivity index (χ4n) is 1.99. The Hall–Kier alpha value is -2.38. The van der Waals surface area contributed by atoms with Crippen molar-refractivity contribution in [2.24, 2.45) is 0 Å². The van der Waals surface area contributed by atoms with Gasteiger partial charge >= 0.3 is 0 Å². The van der Waals surface area contributed by atoms with Crippen molar-refractivity contribution in [2.45, 2.75) is 6.42 Å². The molecule has 0 aliphatic carbocycles. The summed E-state index contributed by atoms with van der Waals surface area (Å²) in [5.41, 5.74) is 3.22. The molecule has 2 aromatic carbocycles. The first kappa shape index (κ1) is 15.0. The highest BCUT2D eigenvalue weighted by Gasteiger charge is 2.08. The average molecular weight is 295 g/mol. The topological polar surface area (TPSA) is 39.1 Å². The Bertz CT molecular complexity index is 647. The molecule has 1 N–H and O–H groups in total. The molecule has 0 aliphatic rings. The summed E-state index contributed by atoms with van der Waals surface area (Å²) in [4.78, 5) is 1.88. The van der Waals surface area contributed by atoms with E-state index in [-0.39, 0.29) is 0 Å². The minimum absolute atomic E-state index is 0.457. The molecule has 106 valence electrons. The Labute approximate surface area is 130 Å². The van der Waals surface area contributed by atoms with Gasteiger partial charge in [0, 0.05) is 24.8 Å². The molecule has 4 heteroatoms. The van der Waals surface area contributed by atoms with Crippen LogP contribution in [0.15, 0.2) is 54.6 Å². The van der Waals surface area contributed by atoms with Crippen LogP contribution in [-0.2, 0) is 0 Å². The lowest BCUT2D eigenvalue weighted by molar-refractivity contribution is 0.523. The Morgan fingerprint density at radius 2 is 1.81 bits per heavy atom. The maximum atomic E-state index is 8.64. The normalized spacial score (nSPS) is 9.71. The molecule has 0 atom stereocenters. The number of para-hydroxylation sites is 1. The van der Waals surface area contributed by atoms with Crippen LogP contribution < -0.4 is 5.32 Å². The summed E-state index contributed by atoms with van der Waals surface area (Å²) in [5, 5.41) is 12.5. The van der Waals surface area contributed by atoms with E-state index in [1.807, 2.05) is 48.3 Å². The third kappa shape index (κ3) is 4.04. The zero-order valence-electron chi connectivity index (χ0n) is 11.9. The molecule has 2 aromatic rings. The molecule has 0 aromatic heterocycles. The lowest BCUT2D eigenvalue weighted by Crippen LogP contribution is -2.31. The monoisotopic (exact) mass is 295 g/mol. The molecule has 0 amide bonds. The highest BCUT2D eigenvalue weighted by atomic mass is 32.1. The summed E-state index contributed by atoms with van der Waals surface area (Å²) in [5.74, 6) is 0. The van der Waals surface area contributed by atoms with Crippen molar-refractivity contribution in [3.05, 3.63) is 54.6 Å². The predicted molar refractivity (Wildman–Crippen MR) is 91.0 cm³/mol. The van der Waals surface area contributed by atoms with Crippen molar-refractivity contribution in [1.29, 1.82) is 5.26 Å². The van der Waals surface area contributed by atoms with E-state index in [1.165, 1.54) is 0 Å². The second-order valence-electron chi connectivity index (χ2n) is 4.67. The molecule has 0 radical (unpaired) electrons. The zero-order chi connectivity index (χ0) is 15.1. The largest absolute Gasteiger partial charge is 0.351 e. The first-order valence-electron chi connectivity index (χ1n) is 6.76. The van der Waals surface area contributed by atoms with E-state index in [1.54, 1.807) is 0 Å². The van der Waals surface area contributed by atoms with Gasteiger partial charge in [-0.2, -0.15) is 5.26 Å². The second-order valence-corrected chi connectivity index (χ2v) is 5.06. The summed E-state index contributed by atoms with van der Waals surface area (Å²) in [6, 6.07) is 20.4. The van der Waals surface area contributed by atoms with E-state index in [9.17, 15) is 0 Å². The first-order chi connectivity index (χ1) is 10.2. The smallest absolute Gasteiger partial charge is 0.173 e. The molecule has 0 saturated carbocycles. The van der Waals surface area contributed by atoms with Crippen molar-refractivity contribution in [1.82, 2.24) is 4.90 Å². The van der Waals surface area contributed by atoms with Crippen LogP contribution in [0.25, 0.3) is 11.1 Å². The van der Waals surface area contributed by atoms with E-state index >= 15 is 0 Å². The molecular weight excluding hydrogens is 278 g/mol. The van der Waals surface area contributed by atoms with Gasteiger partial charge in [-0.05, 0) is 23.8 Å². The number of nitriles is 1. The lowest BCUT2D eigenvalue weighted by atomic mass is 10.0. The number of hydrogen-bond acceptors (Lipinski definition) is 2. The van der Waals surface area contributed by atoms with Gasteiger partial charge in [0.1, 0.15) is 0 Å². The lowest BCUT2D eigenvalue weighted by Gasteiger charge is -2.21. The minimum atomic E-state index is 0.457. The molecule has 3 nitrogen and oxygen atoms in total. The second kappa shape index (κ2) is 7.41. The molecular formula is C17H17N3S. The van der Waals surface area contributed by atoms with Gasteiger partial charge in [-0.25, -0.2) is 0 Å². The average Bonchev–Trinajstić information content (AvgIpc) is 2.54. The molecule has 0 fully saturated rings. The third-order valence-electron chi connectivity index (χ3n) is 3.16. The van der Waals surface area contributed by atoms with Gasteiger partial charge in [-0.3, -0.25) is 0 Å². The third-order valence-corrected chi connectivity index (χ3v) is 3.57.